The van der Waals surface area contributed by atoms with Gasteiger partial charge in [0.15, 0.2) is 0 Å². The third-order valence-electron chi connectivity index (χ3n) is 7.95. The van der Waals surface area contributed by atoms with Crippen molar-refractivity contribution in [3.05, 3.63) is 83.3 Å². The van der Waals surface area contributed by atoms with Crippen molar-refractivity contribution in [1.29, 1.82) is 0 Å². The van der Waals surface area contributed by atoms with Crippen molar-refractivity contribution >= 4 is 17.7 Å². The number of pyridine rings is 2. The number of ether oxygens (including phenoxy) is 1. The molecule has 2 amide bonds. The molecule has 0 bridgehead atoms. The third-order valence-corrected chi connectivity index (χ3v) is 7.95. The number of benzene rings is 1. The molecule has 0 aliphatic carbocycles. The minimum atomic E-state index is -0.409. The molecule has 2 aromatic heterocycles. The summed E-state index contributed by atoms with van der Waals surface area (Å²) in [6, 6.07) is 17.2. The molecule has 216 valence electrons. The highest BCUT2D eigenvalue weighted by atomic mass is 16.6. The number of nitrogens with zero attached hydrogens (tertiary/aromatic N) is 5. The van der Waals surface area contributed by atoms with Gasteiger partial charge in [0.25, 0.3) is 5.91 Å². The van der Waals surface area contributed by atoms with Gasteiger partial charge in [-0.05, 0) is 74.7 Å². The Bertz CT molecular complexity index is 1300. The number of carbonyl (C=O) groups excluding carboxylic acids is 2. The third kappa shape index (κ3) is 8.34. The fourth-order valence-electron chi connectivity index (χ4n) is 5.28. The summed E-state index contributed by atoms with van der Waals surface area (Å²) in [5.41, 5.74) is 4.46. The molecule has 0 spiro atoms. The maximum absolute atomic E-state index is 12.7. The number of carbonyl (C=O) groups is 2. The Hall–Kier alpha value is -3.82. The second kappa shape index (κ2) is 13.7. The Kier molecular flexibility index (Phi) is 9.59. The average molecular weight is 557 g/mol. The number of aromatic nitrogens is 2. The van der Waals surface area contributed by atoms with E-state index in [2.05, 4.69) is 38.1 Å². The Morgan fingerprint density at radius 1 is 0.927 bits per heavy atom. The lowest BCUT2D eigenvalue weighted by molar-refractivity contribution is 0.102. The number of anilines is 1. The Labute approximate surface area is 242 Å². The zero-order valence-corrected chi connectivity index (χ0v) is 24.1. The molecule has 0 radical (unpaired) electrons. The van der Waals surface area contributed by atoms with E-state index in [0.29, 0.717) is 24.3 Å². The molecule has 1 N–H and O–H groups in total. The van der Waals surface area contributed by atoms with Crippen LogP contribution in [0.25, 0.3) is 0 Å². The van der Waals surface area contributed by atoms with E-state index in [1.165, 1.54) is 24.6 Å². The van der Waals surface area contributed by atoms with Gasteiger partial charge in [-0.3, -0.25) is 19.6 Å². The summed E-state index contributed by atoms with van der Waals surface area (Å²) >= 11 is 0. The van der Waals surface area contributed by atoms with Crippen LogP contribution in [-0.2, 0) is 13.0 Å². The molecule has 3 aromatic rings. The van der Waals surface area contributed by atoms with Crippen molar-refractivity contribution in [2.24, 2.45) is 5.92 Å². The second-order valence-corrected chi connectivity index (χ2v) is 11.2. The fraction of sp³-hybridized carbons (Fsp3) is 0.438. The molecule has 5 rings (SSSR count). The van der Waals surface area contributed by atoms with E-state index >= 15 is 0 Å². The molecule has 0 unspecified atom stereocenters. The summed E-state index contributed by atoms with van der Waals surface area (Å²) in [5, 5.41) is 2.87. The highest BCUT2D eigenvalue weighted by Gasteiger charge is 2.23. The van der Waals surface area contributed by atoms with E-state index in [0.717, 1.165) is 63.0 Å². The number of hydrogen-bond donors (Lipinski definition) is 1. The Balaban J connectivity index is 1.04. The van der Waals surface area contributed by atoms with Crippen molar-refractivity contribution < 1.29 is 14.3 Å². The standard InChI is InChI=1S/C32H40N6O3/c1-24-12-15-37(16-13-24)23-26-6-8-27(9-7-26)31(39)35-29-10-11-30(33-22-29)41-32(40)38-20-18-36(19-21-38)17-14-28-5-3-4-25(2)34-28/h3-11,22,24H,12-21,23H2,1-2H3,(H,35,39). The number of piperidine rings is 1. The molecule has 41 heavy (non-hydrogen) atoms. The molecular formula is C32H40N6O3. The minimum Gasteiger partial charge on any atom is -0.391 e. The van der Waals surface area contributed by atoms with Crippen LogP contribution in [0, 0.1) is 12.8 Å². The van der Waals surface area contributed by atoms with Gasteiger partial charge in [-0.1, -0.05) is 25.1 Å². The molecule has 2 aliphatic heterocycles. The highest BCUT2D eigenvalue weighted by molar-refractivity contribution is 6.04. The lowest BCUT2D eigenvalue weighted by Crippen LogP contribution is -2.50. The number of likely N-dealkylation sites (tertiary alicyclic amines) is 1. The lowest BCUT2D eigenvalue weighted by atomic mass is 9.99. The zero-order valence-electron chi connectivity index (χ0n) is 24.1. The first-order valence-corrected chi connectivity index (χ1v) is 14.6. The summed E-state index contributed by atoms with van der Waals surface area (Å²) in [6.45, 7) is 11.2. The normalized spacial score (nSPS) is 16.9. The van der Waals surface area contributed by atoms with Gasteiger partial charge in [0, 0.05) is 68.7 Å². The van der Waals surface area contributed by atoms with Crippen molar-refractivity contribution in [1.82, 2.24) is 24.7 Å². The van der Waals surface area contributed by atoms with Crippen molar-refractivity contribution in [3.8, 4) is 5.88 Å². The van der Waals surface area contributed by atoms with E-state index < -0.39 is 6.09 Å². The molecule has 0 atom stereocenters. The molecule has 9 heteroatoms. The maximum atomic E-state index is 12.7. The van der Waals surface area contributed by atoms with Crippen LogP contribution in [0.5, 0.6) is 5.88 Å². The van der Waals surface area contributed by atoms with Crippen LogP contribution in [0.3, 0.4) is 0 Å². The lowest BCUT2D eigenvalue weighted by Gasteiger charge is -2.33. The smallest absolute Gasteiger partial charge is 0.391 e. The van der Waals surface area contributed by atoms with Crippen LogP contribution in [0.15, 0.2) is 60.8 Å². The van der Waals surface area contributed by atoms with Crippen LogP contribution in [0.2, 0.25) is 0 Å². The van der Waals surface area contributed by atoms with E-state index in [4.69, 9.17) is 4.74 Å². The van der Waals surface area contributed by atoms with E-state index in [1.807, 2.05) is 43.3 Å². The Morgan fingerprint density at radius 2 is 1.68 bits per heavy atom. The molecule has 4 heterocycles. The van der Waals surface area contributed by atoms with Crippen molar-refractivity contribution in [2.45, 2.75) is 39.7 Å². The maximum Gasteiger partial charge on any atom is 0.416 e. The summed E-state index contributed by atoms with van der Waals surface area (Å²) in [4.78, 5) is 40.7. The molecular weight excluding hydrogens is 516 g/mol. The van der Waals surface area contributed by atoms with Gasteiger partial charge in [0.1, 0.15) is 0 Å². The monoisotopic (exact) mass is 556 g/mol. The van der Waals surface area contributed by atoms with Crippen LogP contribution in [0.4, 0.5) is 10.5 Å². The first-order valence-electron chi connectivity index (χ1n) is 14.6. The minimum absolute atomic E-state index is 0.203. The number of piperazine rings is 1. The van der Waals surface area contributed by atoms with Crippen molar-refractivity contribution in [2.75, 3.05) is 51.1 Å². The fourth-order valence-corrected chi connectivity index (χ4v) is 5.28. The number of nitrogens with one attached hydrogen (secondary N) is 1. The quantitative estimate of drug-likeness (QED) is 0.433. The van der Waals surface area contributed by atoms with Gasteiger partial charge in [-0.2, -0.15) is 0 Å². The van der Waals surface area contributed by atoms with Crippen LogP contribution < -0.4 is 10.1 Å². The van der Waals surface area contributed by atoms with Crippen molar-refractivity contribution in [3.63, 3.8) is 0 Å². The van der Waals surface area contributed by atoms with Crippen LogP contribution in [-0.4, -0.2) is 82.5 Å². The van der Waals surface area contributed by atoms with E-state index in [-0.39, 0.29) is 11.8 Å². The first kappa shape index (κ1) is 28.7. The largest absolute Gasteiger partial charge is 0.416 e. The predicted molar refractivity (Wildman–Crippen MR) is 159 cm³/mol. The molecule has 1 aromatic carbocycles. The van der Waals surface area contributed by atoms with Crippen LogP contribution in [0.1, 0.15) is 47.1 Å². The van der Waals surface area contributed by atoms with E-state index in [1.54, 1.807) is 17.0 Å². The van der Waals surface area contributed by atoms with Gasteiger partial charge in [0.05, 0.1) is 11.9 Å². The highest BCUT2D eigenvalue weighted by Crippen LogP contribution is 2.19. The summed E-state index contributed by atoms with van der Waals surface area (Å²) in [5.74, 6) is 0.816. The van der Waals surface area contributed by atoms with Gasteiger partial charge >= 0.3 is 6.09 Å². The second-order valence-electron chi connectivity index (χ2n) is 11.2. The van der Waals surface area contributed by atoms with Crippen LogP contribution >= 0.6 is 0 Å². The number of amides is 2. The Morgan fingerprint density at radius 3 is 2.37 bits per heavy atom. The summed E-state index contributed by atoms with van der Waals surface area (Å²) in [6.07, 6.45) is 4.48. The molecule has 0 saturated carbocycles. The summed E-state index contributed by atoms with van der Waals surface area (Å²) in [7, 11) is 0. The average Bonchev–Trinajstić information content (AvgIpc) is 2.99. The summed E-state index contributed by atoms with van der Waals surface area (Å²) < 4.78 is 5.49. The van der Waals surface area contributed by atoms with Gasteiger partial charge in [-0.25, -0.2) is 9.78 Å². The zero-order chi connectivity index (χ0) is 28.6. The molecule has 9 nitrogen and oxygen atoms in total. The van der Waals surface area contributed by atoms with Gasteiger partial charge in [-0.15, -0.1) is 0 Å². The number of hydrogen-bond acceptors (Lipinski definition) is 7. The van der Waals surface area contributed by atoms with Gasteiger partial charge < -0.3 is 15.0 Å². The molecule has 2 fully saturated rings. The van der Waals surface area contributed by atoms with Gasteiger partial charge in [0.2, 0.25) is 5.88 Å². The van der Waals surface area contributed by atoms with E-state index in [9.17, 15) is 9.59 Å². The SMILES string of the molecule is Cc1cccc(CCN2CCN(C(=O)Oc3ccc(NC(=O)c4ccc(CN5CCC(C)CC5)cc4)cn3)CC2)n1. The molecule has 2 aliphatic rings. The number of rotatable bonds is 8. The molecule has 2 saturated heterocycles. The number of aryl methyl sites for hydroxylation is 1. The predicted octanol–water partition coefficient (Wildman–Crippen LogP) is 4.63. The first-order chi connectivity index (χ1) is 19.9. The topological polar surface area (TPSA) is 90.9 Å².